The number of benzene rings is 2. The number of nitrogens with zero attached hydrogens (tertiary/aromatic N) is 4. The van der Waals surface area contributed by atoms with E-state index in [1.807, 2.05) is 31.1 Å². The number of carbonyl (C=O) groups excluding carboxylic acids is 1. The molecule has 0 fully saturated rings. The number of anilines is 1. The average Bonchev–Trinajstić information content (AvgIpc) is 3.16. The number of sulfonamides is 1. The van der Waals surface area contributed by atoms with E-state index in [0.717, 1.165) is 12.3 Å². The summed E-state index contributed by atoms with van der Waals surface area (Å²) in [6.45, 7) is 1.85. The normalized spacial score (nSPS) is 12.2. The number of para-hydroxylation sites is 1. The van der Waals surface area contributed by atoms with Crippen LogP contribution in [-0.4, -0.2) is 60.9 Å². The lowest BCUT2D eigenvalue weighted by molar-refractivity contribution is -0.119. The number of rotatable bonds is 8. The van der Waals surface area contributed by atoms with Crippen molar-refractivity contribution < 1.29 is 22.0 Å². The predicted octanol–water partition coefficient (Wildman–Crippen LogP) is 3.62. The molecule has 41 heavy (non-hydrogen) atoms. The minimum Gasteiger partial charge on any atom is -0.348 e. The molecule has 2 N–H and O–H groups in total. The van der Waals surface area contributed by atoms with Gasteiger partial charge in [0, 0.05) is 36.6 Å². The van der Waals surface area contributed by atoms with Gasteiger partial charge in [0.2, 0.25) is 15.9 Å². The lowest BCUT2D eigenvalue weighted by Crippen LogP contribution is -2.29. The van der Waals surface area contributed by atoms with E-state index < -0.39 is 27.7 Å². The van der Waals surface area contributed by atoms with Gasteiger partial charge in [-0.1, -0.05) is 18.1 Å². The fourth-order valence-corrected chi connectivity index (χ4v) is 5.06. The van der Waals surface area contributed by atoms with Crippen molar-refractivity contribution >= 4 is 32.7 Å². The van der Waals surface area contributed by atoms with Gasteiger partial charge < -0.3 is 5.32 Å². The molecule has 0 unspecified atom stereocenters. The van der Waals surface area contributed by atoms with Gasteiger partial charge in [-0.05, 0) is 62.3 Å². The van der Waals surface area contributed by atoms with Crippen LogP contribution in [0, 0.1) is 23.5 Å². The third-order valence-corrected chi connectivity index (χ3v) is 6.61. The van der Waals surface area contributed by atoms with Crippen LogP contribution in [0.1, 0.15) is 29.9 Å². The third-order valence-electron chi connectivity index (χ3n) is 6.04. The second-order valence-electron chi connectivity index (χ2n) is 9.95. The molecule has 4 rings (SSSR count). The van der Waals surface area contributed by atoms with Gasteiger partial charge in [-0.25, -0.2) is 22.2 Å². The summed E-state index contributed by atoms with van der Waals surface area (Å²) >= 11 is 0. The van der Waals surface area contributed by atoms with Crippen LogP contribution < -0.4 is 10.0 Å². The lowest BCUT2D eigenvalue weighted by Gasteiger charge is -2.22. The molecule has 9 nitrogen and oxygen atoms in total. The number of amides is 1. The Morgan fingerprint density at radius 1 is 1.10 bits per heavy atom. The summed E-state index contributed by atoms with van der Waals surface area (Å²) in [4.78, 5) is 19.1. The SMILES string of the molecule is CC(=O)N[C@@H](Cc1cc(F)cc(F)c1)c1nc(C#CCN(C)C)ccc1-c1cccc2c(NS(C)(=O)=O)nn(C)c12. The summed E-state index contributed by atoms with van der Waals surface area (Å²) in [6.07, 6.45) is 1.09. The maximum Gasteiger partial charge on any atom is 0.231 e. The largest absolute Gasteiger partial charge is 0.348 e. The van der Waals surface area contributed by atoms with Crippen LogP contribution in [0.25, 0.3) is 22.0 Å². The lowest BCUT2D eigenvalue weighted by atomic mass is 9.93. The highest BCUT2D eigenvalue weighted by Crippen LogP contribution is 2.36. The van der Waals surface area contributed by atoms with Crippen LogP contribution >= 0.6 is 0 Å². The highest BCUT2D eigenvalue weighted by molar-refractivity contribution is 7.92. The molecule has 0 radical (unpaired) electrons. The monoisotopic (exact) mass is 580 g/mol. The molecule has 2 aromatic heterocycles. The fraction of sp³-hybridized carbons (Fsp3) is 0.276. The van der Waals surface area contributed by atoms with Gasteiger partial charge in [-0.3, -0.25) is 19.1 Å². The van der Waals surface area contributed by atoms with Crippen molar-refractivity contribution in [1.29, 1.82) is 0 Å². The van der Waals surface area contributed by atoms with Gasteiger partial charge in [0.25, 0.3) is 0 Å². The summed E-state index contributed by atoms with van der Waals surface area (Å²) in [5.41, 5.74) is 3.09. The van der Waals surface area contributed by atoms with Crippen LogP contribution in [0.3, 0.4) is 0 Å². The Balaban J connectivity index is 1.94. The number of aromatic nitrogens is 3. The number of pyridine rings is 1. The molecule has 0 aliphatic heterocycles. The quantitative estimate of drug-likeness (QED) is 0.308. The molecular weight excluding hydrogens is 550 g/mol. The van der Waals surface area contributed by atoms with E-state index in [-0.39, 0.29) is 18.1 Å². The van der Waals surface area contributed by atoms with Gasteiger partial charge in [0.15, 0.2) is 5.82 Å². The highest BCUT2D eigenvalue weighted by Gasteiger charge is 2.24. The number of halogens is 2. The van der Waals surface area contributed by atoms with E-state index in [4.69, 9.17) is 4.98 Å². The maximum absolute atomic E-state index is 14.1. The van der Waals surface area contributed by atoms with E-state index in [9.17, 15) is 22.0 Å². The van der Waals surface area contributed by atoms with Crippen molar-refractivity contribution in [3.8, 4) is 23.0 Å². The molecule has 1 atom stereocenters. The van der Waals surface area contributed by atoms with E-state index in [0.29, 0.717) is 45.5 Å². The van der Waals surface area contributed by atoms with E-state index in [2.05, 4.69) is 27.0 Å². The van der Waals surface area contributed by atoms with Gasteiger partial charge >= 0.3 is 0 Å². The molecule has 0 saturated carbocycles. The third kappa shape index (κ3) is 7.45. The van der Waals surface area contributed by atoms with E-state index in [1.54, 1.807) is 29.9 Å². The average molecular weight is 581 g/mol. The molecule has 1 amide bonds. The van der Waals surface area contributed by atoms with Crippen LogP contribution in [-0.2, 0) is 28.3 Å². The smallest absolute Gasteiger partial charge is 0.231 e. The first-order chi connectivity index (χ1) is 19.3. The molecular formula is C29H30F2N6O3S. The number of carbonyl (C=O) groups is 1. The molecule has 0 spiro atoms. The molecule has 12 heteroatoms. The number of nitrogens with one attached hydrogen (secondary N) is 2. The van der Waals surface area contributed by atoms with Crippen molar-refractivity contribution in [2.24, 2.45) is 7.05 Å². The molecule has 2 aromatic carbocycles. The Morgan fingerprint density at radius 2 is 1.80 bits per heavy atom. The topological polar surface area (TPSA) is 109 Å². The van der Waals surface area contributed by atoms with E-state index >= 15 is 0 Å². The Labute approximate surface area is 237 Å². The minimum absolute atomic E-state index is 0.0467. The Kier molecular flexibility index (Phi) is 8.70. The number of aryl methyl sites for hydroxylation is 1. The summed E-state index contributed by atoms with van der Waals surface area (Å²) < 4.78 is 56.1. The van der Waals surface area contributed by atoms with Gasteiger partial charge in [0.1, 0.15) is 17.3 Å². The predicted molar refractivity (Wildman–Crippen MR) is 154 cm³/mol. The molecule has 214 valence electrons. The Hall–Kier alpha value is -4.34. The van der Waals surface area contributed by atoms with Crippen LogP contribution in [0.15, 0.2) is 48.5 Å². The Morgan fingerprint density at radius 3 is 2.44 bits per heavy atom. The maximum atomic E-state index is 14.1. The second-order valence-corrected chi connectivity index (χ2v) is 11.7. The highest BCUT2D eigenvalue weighted by atomic mass is 32.2. The summed E-state index contributed by atoms with van der Waals surface area (Å²) in [5, 5.41) is 7.80. The van der Waals surface area contributed by atoms with E-state index in [1.165, 1.54) is 19.1 Å². The number of hydrogen-bond donors (Lipinski definition) is 2. The van der Waals surface area contributed by atoms with Crippen molar-refractivity contribution in [1.82, 2.24) is 25.0 Å². The van der Waals surface area contributed by atoms with Gasteiger partial charge in [-0.15, -0.1) is 0 Å². The molecule has 4 aromatic rings. The van der Waals surface area contributed by atoms with Gasteiger partial charge in [0.05, 0.1) is 30.1 Å². The van der Waals surface area contributed by atoms with Crippen LogP contribution in [0.4, 0.5) is 14.6 Å². The van der Waals surface area contributed by atoms with Crippen LogP contribution in [0.5, 0.6) is 0 Å². The summed E-state index contributed by atoms with van der Waals surface area (Å²) in [5.74, 6) is 4.42. The molecule has 0 bridgehead atoms. The van der Waals surface area contributed by atoms with Gasteiger partial charge in [-0.2, -0.15) is 5.10 Å². The molecule has 2 heterocycles. The molecule has 0 saturated heterocycles. The molecule has 0 aliphatic carbocycles. The van der Waals surface area contributed by atoms with Crippen LogP contribution in [0.2, 0.25) is 0 Å². The van der Waals surface area contributed by atoms with Crippen molar-refractivity contribution in [3.63, 3.8) is 0 Å². The Bertz CT molecular complexity index is 1770. The first-order valence-electron chi connectivity index (χ1n) is 12.6. The first kappa shape index (κ1) is 29.6. The minimum atomic E-state index is -3.60. The standard InChI is InChI=1S/C29H30F2N6O3S/c1-18(38)32-26(16-19-14-20(30)17-21(31)15-19)27-23(12-11-22(33-27)8-7-13-36(2)3)24-9-6-10-25-28(24)37(4)34-29(25)35-41(5,39)40/h6,9-12,14-15,17,26H,13,16H2,1-5H3,(H,32,38)(H,34,35)/t26-/m0/s1. The first-order valence-corrected chi connectivity index (χ1v) is 14.5. The number of fused-ring (bicyclic) bond motifs is 1. The summed E-state index contributed by atoms with van der Waals surface area (Å²) in [6, 6.07) is 11.3. The number of hydrogen-bond acceptors (Lipinski definition) is 6. The molecule has 0 aliphatic rings. The summed E-state index contributed by atoms with van der Waals surface area (Å²) in [7, 11) is 1.88. The van der Waals surface area contributed by atoms with Crippen molar-refractivity contribution in [3.05, 3.63) is 77.1 Å². The van der Waals surface area contributed by atoms with Crippen molar-refractivity contribution in [2.75, 3.05) is 31.6 Å². The second kappa shape index (κ2) is 12.0. The zero-order valence-corrected chi connectivity index (χ0v) is 24.1. The zero-order chi connectivity index (χ0) is 29.9. The fourth-order valence-electron chi connectivity index (χ4n) is 4.56. The zero-order valence-electron chi connectivity index (χ0n) is 23.3. The van der Waals surface area contributed by atoms with Crippen molar-refractivity contribution in [2.45, 2.75) is 19.4 Å².